The minimum atomic E-state index is -0.216. The van der Waals surface area contributed by atoms with Gasteiger partial charge in [0.2, 0.25) is 0 Å². The van der Waals surface area contributed by atoms with Crippen LogP contribution in [0, 0.1) is 24.1 Å². The van der Waals surface area contributed by atoms with Crippen molar-refractivity contribution in [2.45, 2.75) is 13.3 Å². The van der Waals surface area contributed by atoms with Crippen LogP contribution in [-0.4, -0.2) is 0 Å². The van der Waals surface area contributed by atoms with Crippen LogP contribution in [0.3, 0.4) is 0 Å². The summed E-state index contributed by atoms with van der Waals surface area (Å²) in [5.41, 5.74) is 1.46. The third kappa shape index (κ3) is 3.53. The van der Waals surface area contributed by atoms with Crippen LogP contribution in [0.25, 0.3) is 0 Å². The Morgan fingerprint density at radius 2 is 2.08 bits per heavy atom. The van der Waals surface area contributed by atoms with Crippen LogP contribution in [0.4, 0.5) is 4.39 Å². The van der Waals surface area contributed by atoms with Gasteiger partial charge in [0.25, 0.3) is 0 Å². The third-order valence-corrected chi connectivity index (χ3v) is 1.51. The second kappa shape index (κ2) is 5.96. The smallest absolute Gasteiger partial charge is 0.126 e. The highest BCUT2D eigenvalue weighted by Gasteiger charge is 1.97. The topological polar surface area (TPSA) is 23.8 Å². The third-order valence-electron chi connectivity index (χ3n) is 1.51. The Morgan fingerprint density at radius 3 is 2.54 bits per heavy atom. The molecule has 0 aliphatic carbocycles. The quantitative estimate of drug-likeness (QED) is 0.605. The van der Waals surface area contributed by atoms with Crippen molar-refractivity contribution in [1.82, 2.24) is 0 Å². The largest absolute Gasteiger partial charge is 0.207 e. The van der Waals surface area contributed by atoms with Crippen LogP contribution in [0.15, 0.2) is 31.4 Å². The molecule has 0 saturated carbocycles. The van der Waals surface area contributed by atoms with E-state index in [1.54, 1.807) is 19.1 Å². The van der Waals surface area contributed by atoms with Gasteiger partial charge in [-0.15, -0.1) is 13.2 Å². The normalized spacial score (nSPS) is 8.08. The van der Waals surface area contributed by atoms with E-state index in [1.807, 2.05) is 6.07 Å². The Balaban J connectivity index is 0.000000671. The SMILES string of the molecule is C=C.Cc1cc(CC#N)ccc1F. The van der Waals surface area contributed by atoms with E-state index < -0.39 is 0 Å². The van der Waals surface area contributed by atoms with Crippen molar-refractivity contribution in [2.75, 3.05) is 0 Å². The lowest BCUT2D eigenvalue weighted by molar-refractivity contribution is 0.618. The maximum absolute atomic E-state index is 12.7. The highest BCUT2D eigenvalue weighted by atomic mass is 19.1. The summed E-state index contributed by atoms with van der Waals surface area (Å²) in [6.45, 7) is 7.69. The van der Waals surface area contributed by atoms with Crippen molar-refractivity contribution < 1.29 is 4.39 Å². The van der Waals surface area contributed by atoms with Gasteiger partial charge >= 0.3 is 0 Å². The van der Waals surface area contributed by atoms with E-state index in [9.17, 15) is 4.39 Å². The van der Waals surface area contributed by atoms with E-state index >= 15 is 0 Å². The number of aryl methyl sites for hydroxylation is 1. The molecular weight excluding hydrogens is 165 g/mol. The Bertz CT molecular complexity index is 312. The van der Waals surface area contributed by atoms with Crippen molar-refractivity contribution >= 4 is 0 Å². The molecule has 13 heavy (non-hydrogen) atoms. The molecule has 0 N–H and O–H groups in total. The molecule has 0 spiro atoms. The number of hydrogen-bond acceptors (Lipinski definition) is 1. The number of rotatable bonds is 1. The molecular formula is C11H12FN. The first-order valence-corrected chi connectivity index (χ1v) is 3.86. The summed E-state index contributed by atoms with van der Waals surface area (Å²) in [5, 5.41) is 8.34. The molecule has 1 nitrogen and oxygen atoms in total. The molecule has 0 heterocycles. The van der Waals surface area contributed by atoms with Crippen LogP contribution in [0.1, 0.15) is 11.1 Å². The fourth-order valence-electron chi connectivity index (χ4n) is 0.908. The first-order valence-electron chi connectivity index (χ1n) is 3.86. The molecule has 0 radical (unpaired) electrons. The van der Waals surface area contributed by atoms with Gasteiger partial charge in [-0.3, -0.25) is 0 Å². The van der Waals surface area contributed by atoms with Crippen LogP contribution in [0.5, 0.6) is 0 Å². The summed E-state index contributed by atoms with van der Waals surface area (Å²) in [7, 11) is 0. The van der Waals surface area contributed by atoms with Crippen molar-refractivity contribution in [1.29, 1.82) is 5.26 Å². The molecule has 0 aliphatic heterocycles. The zero-order chi connectivity index (χ0) is 10.3. The number of hydrogen-bond donors (Lipinski definition) is 0. The minimum absolute atomic E-state index is 0.216. The van der Waals surface area contributed by atoms with E-state index in [1.165, 1.54) is 6.07 Å². The summed E-state index contributed by atoms with van der Waals surface area (Å²) in [5.74, 6) is -0.216. The van der Waals surface area contributed by atoms with Crippen LogP contribution < -0.4 is 0 Å². The fourth-order valence-corrected chi connectivity index (χ4v) is 0.908. The molecule has 0 aromatic heterocycles. The van der Waals surface area contributed by atoms with Crippen LogP contribution >= 0.6 is 0 Å². The maximum atomic E-state index is 12.7. The van der Waals surface area contributed by atoms with E-state index in [0.717, 1.165) is 5.56 Å². The molecule has 0 amide bonds. The summed E-state index contributed by atoms with van der Waals surface area (Å²) in [6, 6.07) is 6.72. The van der Waals surface area contributed by atoms with Gasteiger partial charge in [0.05, 0.1) is 12.5 Å². The molecule has 2 heteroatoms. The Hall–Kier alpha value is -1.62. The zero-order valence-electron chi connectivity index (χ0n) is 7.68. The second-order valence-electron chi connectivity index (χ2n) is 2.42. The van der Waals surface area contributed by atoms with E-state index in [2.05, 4.69) is 13.2 Å². The Kier molecular flexibility index (Phi) is 5.22. The van der Waals surface area contributed by atoms with Crippen molar-refractivity contribution in [3.63, 3.8) is 0 Å². The second-order valence-corrected chi connectivity index (χ2v) is 2.42. The Labute approximate surface area is 78.1 Å². The summed E-state index contributed by atoms with van der Waals surface area (Å²) >= 11 is 0. The molecule has 0 aliphatic rings. The Morgan fingerprint density at radius 1 is 1.46 bits per heavy atom. The molecule has 0 bridgehead atoms. The van der Waals surface area contributed by atoms with Gasteiger partial charge in [-0.2, -0.15) is 5.26 Å². The standard InChI is InChI=1S/C9H8FN.C2H4/c1-7-6-8(4-5-11)2-3-9(7)10;1-2/h2-3,6H,4H2,1H3;1-2H2. The number of benzene rings is 1. The average molecular weight is 177 g/mol. The summed E-state index contributed by atoms with van der Waals surface area (Å²) < 4.78 is 12.7. The first kappa shape index (κ1) is 11.4. The van der Waals surface area contributed by atoms with Gasteiger partial charge in [-0.25, -0.2) is 4.39 Å². The van der Waals surface area contributed by atoms with E-state index in [0.29, 0.717) is 12.0 Å². The van der Waals surface area contributed by atoms with Crippen molar-refractivity contribution in [2.24, 2.45) is 0 Å². The van der Waals surface area contributed by atoms with E-state index in [-0.39, 0.29) is 5.82 Å². The van der Waals surface area contributed by atoms with Gasteiger partial charge in [0, 0.05) is 0 Å². The van der Waals surface area contributed by atoms with Gasteiger partial charge < -0.3 is 0 Å². The highest BCUT2D eigenvalue weighted by Crippen LogP contribution is 2.08. The first-order chi connectivity index (χ1) is 6.24. The van der Waals surface area contributed by atoms with Gasteiger partial charge in [0.1, 0.15) is 5.82 Å². The minimum Gasteiger partial charge on any atom is -0.207 e. The van der Waals surface area contributed by atoms with Crippen LogP contribution in [-0.2, 0) is 6.42 Å². The van der Waals surface area contributed by atoms with E-state index in [4.69, 9.17) is 5.26 Å². The monoisotopic (exact) mass is 177 g/mol. The fraction of sp³-hybridized carbons (Fsp3) is 0.182. The molecule has 1 aromatic carbocycles. The van der Waals surface area contributed by atoms with Crippen LogP contribution in [0.2, 0.25) is 0 Å². The predicted molar refractivity (Wildman–Crippen MR) is 51.7 cm³/mol. The molecule has 0 atom stereocenters. The number of nitriles is 1. The van der Waals surface area contributed by atoms with Crippen molar-refractivity contribution in [3.05, 3.63) is 48.3 Å². The lowest BCUT2D eigenvalue weighted by Crippen LogP contribution is -1.86. The molecule has 1 rings (SSSR count). The summed E-state index contributed by atoms with van der Waals surface area (Å²) in [4.78, 5) is 0. The molecule has 1 aromatic rings. The number of halogens is 1. The lowest BCUT2D eigenvalue weighted by Gasteiger charge is -1.97. The lowest BCUT2D eigenvalue weighted by atomic mass is 10.1. The molecule has 0 saturated heterocycles. The average Bonchev–Trinajstić information content (AvgIpc) is 2.15. The predicted octanol–water partition coefficient (Wildman–Crippen LogP) is 3.00. The van der Waals surface area contributed by atoms with Gasteiger partial charge in [0.15, 0.2) is 0 Å². The van der Waals surface area contributed by atoms with Crippen molar-refractivity contribution in [3.8, 4) is 6.07 Å². The maximum Gasteiger partial charge on any atom is 0.126 e. The van der Waals surface area contributed by atoms with Gasteiger partial charge in [-0.05, 0) is 24.1 Å². The number of nitrogens with zero attached hydrogens (tertiary/aromatic N) is 1. The summed E-state index contributed by atoms with van der Waals surface area (Å²) in [6.07, 6.45) is 0.348. The van der Waals surface area contributed by atoms with Gasteiger partial charge in [-0.1, -0.05) is 12.1 Å². The molecule has 68 valence electrons. The zero-order valence-corrected chi connectivity index (χ0v) is 7.68. The molecule has 0 fully saturated rings. The highest BCUT2D eigenvalue weighted by molar-refractivity contribution is 5.25. The molecule has 0 unspecified atom stereocenters.